The number of aliphatic hydroxyl groups is 1. The van der Waals surface area contributed by atoms with Crippen LogP contribution in [0.5, 0.6) is 0 Å². The number of fused-ring (bicyclic) bond motifs is 1. The lowest BCUT2D eigenvalue weighted by Gasteiger charge is -2.22. The molecule has 0 aliphatic rings. The molecule has 0 bridgehead atoms. The van der Waals surface area contributed by atoms with Crippen molar-refractivity contribution in [2.24, 2.45) is 7.05 Å². The van der Waals surface area contributed by atoms with Crippen molar-refractivity contribution < 1.29 is 23.1 Å². The van der Waals surface area contributed by atoms with Crippen LogP contribution in [0.15, 0.2) is 48.8 Å². The Labute approximate surface area is 186 Å². The van der Waals surface area contributed by atoms with Crippen LogP contribution in [0.1, 0.15) is 41.3 Å². The summed E-state index contributed by atoms with van der Waals surface area (Å²) in [4.78, 5) is 16.1. The summed E-state index contributed by atoms with van der Waals surface area (Å²) in [5.41, 5.74) is -0.785. The van der Waals surface area contributed by atoms with E-state index in [1.165, 1.54) is 6.07 Å². The van der Waals surface area contributed by atoms with E-state index in [-0.39, 0.29) is 5.69 Å². The lowest BCUT2D eigenvalue weighted by atomic mass is 9.95. The highest BCUT2D eigenvalue weighted by Crippen LogP contribution is 2.32. The number of halogens is 3. The Morgan fingerprint density at radius 1 is 1.18 bits per heavy atom. The number of carbonyl (C=O) groups excluding carboxylic acids is 1. The number of nitrogens with one attached hydrogen (secondary N) is 1. The summed E-state index contributed by atoms with van der Waals surface area (Å²) in [5.74, 6) is -0.826. The molecular formula is C22H21F3N6O2. The summed E-state index contributed by atoms with van der Waals surface area (Å²) in [6.07, 6.45) is -1.22. The van der Waals surface area contributed by atoms with E-state index in [2.05, 4.69) is 20.5 Å². The average Bonchev–Trinajstić information content (AvgIpc) is 3.31. The maximum absolute atomic E-state index is 13.0. The third-order valence-corrected chi connectivity index (χ3v) is 5.12. The lowest BCUT2D eigenvalue weighted by molar-refractivity contribution is -0.141. The van der Waals surface area contributed by atoms with Gasteiger partial charge in [0.1, 0.15) is 11.4 Å². The molecule has 3 aromatic heterocycles. The molecule has 33 heavy (non-hydrogen) atoms. The van der Waals surface area contributed by atoms with Gasteiger partial charge in [-0.1, -0.05) is 6.07 Å². The molecule has 1 aromatic carbocycles. The fourth-order valence-corrected chi connectivity index (χ4v) is 3.44. The number of rotatable bonds is 5. The van der Waals surface area contributed by atoms with Gasteiger partial charge in [-0.3, -0.25) is 14.2 Å². The summed E-state index contributed by atoms with van der Waals surface area (Å²) < 4.78 is 42.4. The minimum absolute atomic E-state index is 0.249. The molecule has 4 aromatic rings. The second-order valence-corrected chi connectivity index (χ2v) is 8.15. The number of anilines is 1. The van der Waals surface area contributed by atoms with Crippen LogP contribution in [0.3, 0.4) is 0 Å². The van der Waals surface area contributed by atoms with E-state index in [0.29, 0.717) is 23.0 Å². The Hall–Kier alpha value is -3.73. The van der Waals surface area contributed by atoms with Crippen LogP contribution >= 0.6 is 0 Å². The molecule has 0 aliphatic heterocycles. The van der Waals surface area contributed by atoms with Crippen molar-refractivity contribution in [3.63, 3.8) is 0 Å². The summed E-state index contributed by atoms with van der Waals surface area (Å²) in [7, 11) is 1.82. The van der Waals surface area contributed by atoms with Crippen molar-refractivity contribution in [1.29, 1.82) is 0 Å². The predicted octanol–water partition coefficient (Wildman–Crippen LogP) is 3.71. The molecular weight excluding hydrogens is 437 g/mol. The first-order valence-corrected chi connectivity index (χ1v) is 9.98. The van der Waals surface area contributed by atoms with E-state index < -0.39 is 29.1 Å². The Morgan fingerprint density at radius 2 is 1.94 bits per heavy atom. The van der Waals surface area contributed by atoms with Crippen LogP contribution < -0.4 is 5.32 Å². The van der Waals surface area contributed by atoms with Crippen LogP contribution in [0.2, 0.25) is 0 Å². The van der Waals surface area contributed by atoms with Crippen LogP contribution in [0.25, 0.3) is 10.9 Å². The molecule has 0 spiro atoms. The Bertz CT molecular complexity index is 1330. The molecule has 11 heteroatoms. The average molecular weight is 458 g/mol. The highest BCUT2D eigenvalue weighted by molar-refractivity contribution is 6.04. The highest BCUT2D eigenvalue weighted by atomic mass is 19.4. The zero-order valence-corrected chi connectivity index (χ0v) is 18.1. The van der Waals surface area contributed by atoms with Crippen molar-refractivity contribution in [3.8, 4) is 0 Å². The smallest absolute Gasteiger partial charge is 0.386 e. The summed E-state index contributed by atoms with van der Waals surface area (Å²) in [6, 6.07) is 8.24. The SMILES string of the molecule is Cn1nccc1Cn1cc2cc(NC(=O)c3cccc(C(F)(F)F)n3)c(C(C)(C)O)cc2n1. The van der Waals surface area contributed by atoms with E-state index in [9.17, 15) is 23.1 Å². The molecule has 0 radical (unpaired) electrons. The van der Waals surface area contributed by atoms with Crippen LogP contribution in [0.4, 0.5) is 18.9 Å². The fourth-order valence-electron chi connectivity index (χ4n) is 3.44. The quantitative estimate of drug-likeness (QED) is 0.475. The Morgan fingerprint density at radius 3 is 2.58 bits per heavy atom. The number of pyridine rings is 1. The van der Waals surface area contributed by atoms with Gasteiger partial charge in [0.15, 0.2) is 0 Å². The minimum atomic E-state index is -4.67. The molecule has 0 fully saturated rings. The summed E-state index contributed by atoms with van der Waals surface area (Å²) in [5, 5.41) is 22.6. The number of alkyl halides is 3. The number of amides is 1. The molecule has 8 nitrogen and oxygen atoms in total. The first-order valence-electron chi connectivity index (χ1n) is 9.98. The number of nitrogens with zero attached hydrogens (tertiary/aromatic N) is 5. The van der Waals surface area contributed by atoms with E-state index in [0.717, 1.165) is 17.8 Å². The molecule has 0 aliphatic carbocycles. The monoisotopic (exact) mass is 458 g/mol. The normalized spacial score (nSPS) is 12.3. The summed E-state index contributed by atoms with van der Waals surface area (Å²) >= 11 is 0. The van der Waals surface area contributed by atoms with E-state index in [1.54, 1.807) is 47.7 Å². The number of hydrogen-bond acceptors (Lipinski definition) is 5. The molecule has 0 saturated heterocycles. The topological polar surface area (TPSA) is 97.9 Å². The molecule has 172 valence electrons. The Kier molecular flexibility index (Phi) is 5.44. The van der Waals surface area contributed by atoms with Crippen molar-refractivity contribution in [2.75, 3.05) is 5.32 Å². The van der Waals surface area contributed by atoms with Crippen molar-refractivity contribution in [3.05, 3.63) is 71.4 Å². The van der Waals surface area contributed by atoms with Crippen LogP contribution in [-0.4, -0.2) is 35.6 Å². The summed E-state index contributed by atoms with van der Waals surface area (Å²) in [6.45, 7) is 3.54. The molecule has 0 unspecified atom stereocenters. The largest absolute Gasteiger partial charge is 0.433 e. The number of carbonyl (C=O) groups is 1. The first kappa shape index (κ1) is 22.5. The van der Waals surface area contributed by atoms with Gasteiger partial charge in [0, 0.05) is 36.1 Å². The highest BCUT2D eigenvalue weighted by Gasteiger charge is 2.33. The minimum Gasteiger partial charge on any atom is -0.386 e. The zero-order valence-electron chi connectivity index (χ0n) is 18.1. The van der Waals surface area contributed by atoms with E-state index in [4.69, 9.17) is 0 Å². The van der Waals surface area contributed by atoms with Gasteiger partial charge in [-0.25, -0.2) is 4.98 Å². The molecule has 3 heterocycles. The third kappa shape index (κ3) is 4.72. The van der Waals surface area contributed by atoms with E-state index in [1.807, 2.05) is 13.1 Å². The van der Waals surface area contributed by atoms with Gasteiger partial charge in [0.05, 0.1) is 23.4 Å². The van der Waals surface area contributed by atoms with Gasteiger partial charge in [0.2, 0.25) is 0 Å². The Balaban J connectivity index is 1.70. The van der Waals surface area contributed by atoms with Crippen molar-refractivity contribution in [2.45, 2.75) is 32.2 Å². The number of aromatic nitrogens is 5. The molecule has 1 amide bonds. The molecule has 0 saturated carbocycles. The maximum Gasteiger partial charge on any atom is 0.433 e. The van der Waals surface area contributed by atoms with Gasteiger partial charge < -0.3 is 10.4 Å². The first-order chi connectivity index (χ1) is 15.4. The fraction of sp³-hybridized carbons (Fsp3) is 0.273. The van der Waals surface area contributed by atoms with Crippen LogP contribution in [0, 0.1) is 0 Å². The second-order valence-electron chi connectivity index (χ2n) is 8.15. The molecule has 0 atom stereocenters. The number of benzene rings is 1. The van der Waals surface area contributed by atoms with Crippen molar-refractivity contribution in [1.82, 2.24) is 24.5 Å². The van der Waals surface area contributed by atoms with Gasteiger partial charge in [0.25, 0.3) is 5.91 Å². The molecule has 2 N–H and O–H groups in total. The molecule has 4 rings (SSSR count). The van der Waals surface area contributed by atoms with E-state index >= 15 is 0 Å². The van der Waals surface area contributed by atoms with Gasteiger partial charge in [-0.2, -0.15) is 23.4 Å². The predicted molar refractivity (Wildman–Crippen MR) is 114 cm³/mol. The van der Waals surface area contributed by atoms with Gasteiger partial charge in [-0.05, 0) is 44.2 Å². The van der Waals surface area contributed by atoms with Gasteiger partial charge >= 0.3 is 6.18 Å². The van der Waals surface area contributed by atoms with Gasteiger partial charge in [-0.15, -0.1) is 0 Å². The maximum atomic E-state index is 13.0. The van der Waals surface area contributed by atoms with Crippen LogP contribution in [-0.2, 0) is 25.4 Å². The van der Waals surface area contributed by atoms with Crippen molar-refractivity contribution >= 4 is 22.5 Å². The number of hydrogen-bond donors (Lipinski definition) is 2. The third-order valence-electron chi connectivity index (χ3n) is 5.12. The lowest BCUT2D eigenvalue weighted by Crippen LogP contribution is -2.22. The zero-order chi connectivity index (χ0) is 24.0. The standard InChI is InChI=1S/C22H21F3N6O2/c1-21(2,33)15-10-17-13(11-31(29-17)12-14-7-8-26-30(14)3)9-18(15)28-20(32)16-5-4-6-19(27-16)22(23,24)25/h4-11,33H,12H2,1-3H3,(H,28,32). The second kappa shape index (κ2) is 8.00. The number of aryl methyl sites for hydroxylation is 1.